The molecule has 4 aliphatic carbocycles. The van der Waals surface area contributed by atoms with Gasteiger partial charge in [0.2, 0.25) is 0 Å². The molecule has 4 aliphatic rings. The van der Waals surface area contributed by atoms with Crippen LogP contribution in [-0.2, 0) is 12.0 Å². The average molecular weight is 421 g/mol. The molecule has 5 nitrogen and oxygen atoms in total. The van der Waals surface area contributed by atoms with Crippen LogP contribution in [-0.4, -0.2) is 35.3 Å². The van der Waals surface area contributed by atoms with Crippen molar-refractivity contribution in [3.05, 3.63) is 48.2 Å². The molecule has 166 valence electrons. The van der Waals surface area contributed by atoms with Crippen molar-refractivity contribution in [2.75, 3.05) is 19.7 Å². The van der Waals surface area contributed by atoms with Gasteiger partial charge in [-0.25, -0.2) is 0 Å². The zero-order chi connectivity index (χ0) is 21.3. The Labute approximate surface area is 185 Å². The number of rotatable bonds is 8. The van der Waals surface area contributed by atoms with Gasteiger partial charge in [-0.05, 0) is 80.4 Å². The van der Waals surface area contributed by atoms with E-state index in [1.807, 2.05) is 0 Å². The molecule has 0 atom stereocenters. The summed E-state index contributed by atoms with van der Waals surface area (Å²) in [5.74, 6) is 3.27. The number of hydrogen-bond donors (Lipinski definition) is 3. The minimum absolute atomic E-state index is 0.148. The van der Waals surface area contributed by atoms with Crippen molar-refractivity contribution < 1.29 is 5.11 Å². The second kappa shape index (κ2) is 8.70. The van der Waals surface area contributed by atoms with Gasteiger partial charge in [0.1, 0.15) is 0 Å². The topological polar surface area (TPSA) is 75.6 Å². The van der Waals surface area contributed by atoms with Gasteiger partial charge in [0, 0.05) is 43.0 Å². The van der Waals surface area contributed by atoms with Crippen molar-refractivity contribution >= 4 is 5.96 Å². The van der Waals surface area contributed by atoms with Crippen molar-refractivity contribution in [1.82, 2.24) is 9.88 Å². The van der Waals surface area contributed by atoms with Crippen LogP contribution in [0.1, 0.15) is 50.6 Å². The molecule has 5 heteroatoms. The molecule has 31 heavy (non-hydrogen) atoms. The summed E-state index contributed by atoms with van der Waals surface area (Å²) in [5.41, 5.74) is 10.5. The third-order valence-electron chi connectivity index (χ3n) is 7.87. The lowest BCUT2D eigenvalue weighted by Gasteiger charge is -2.57. The third-order valence-corrected chi connectivity index (χ3v) is 7.87. The molecule has 0 amide bonds. The van der Waals surface area contributed by atoms with Crippen molar-refractivity contribution in [2.24, 2.45) is 28.5 Å². The van der Waals surface area contributed by atoms with E-state index in [-0.39, 0.29) is 6.61 Å². The molecule has 0 unspecified atom stereocenters. The summed E-state index contributed by atoms with van der Waals surface area (Å²) in [6, 6.07) is 15.5. The fraction of sp³-hybridized carbons (Fsp3) is 0.577. The van der Waals surface area contributed by atoms with E-state index in [1.54, 1.807) is 5.69 Å². The molecular formula is C26H36N4O. The lowest BCUT2D eigenvalue weighted by molar-refractivity contribution is -0.00871. The smallest absolute Gasteiger partial charge is 0.188 e. The largest absolute Gasteiger partial charge is 0.396 e. The van der Waals surface area contributed by atoms with Gasteiger partial charge in [-0.1, -0.05) is 30.3 Å². The molecule has 0 aliphatic heterocycles. The standard InChI is InChI=1S/C26H36N4O/c27-25(28-9-4-12-31)29-10-11-30-23(22-5-2-1-3-6-22)7-8-24(30)26-16-19-13-20(17-26)15-21(14-19)18-26/h1-3,5-8,19-21,31H,4,9-18H2,(H3,27,28,29). The minimum atomic E-state index is 0.148. The lowest BCUT2D eigenvalue weighted by atomic mass is 9.49. The van der Waals surface area contributed by atoms with Gasteiger partial charge in [-0.15, -0.1) is 0 Å². The number of aliphatic hydroxyl groups is 1. The van der Waals surface area contributed by atoms with E-state index in [9.17, 15) is 0 Å². The zero-order valence-corrected chi connectivity index (χ0v) is 18.5. The quantitative estimate of drug-likeness (QED) is 0.344. The van der Waals surface area contributed by atoms with E-state index in [4.69, 9.17) is 10.8 Å². The molecule has 1 aromatic heterocycles. The Bertz CT molecular complexity index is 881. The SMILES string of the molecule is NC(=NCCCO)NCCn1c(-c2ccccc2)ccc1C12CC3CC(CC(C3)C1)C2. The Morgan fingerprint density at radius 1 is 1.03 bits per heavy atom. The number of nitrogens with one attached hydrogen (secondary N) is 1. The average Bonchev–Trinajstić information content (AvgIpc) is 3.18. The van der Waals surface area contributed by atoms with E-state index in [1.165, 1.54) is 49.8 Å². The van der Waals surface area contributed by atoms with Gasteiger partial charge in [-0.2, -0.15) is 0 Å². The molecule has 0 spiro atoms. The summed E-state index contributed by atoms with van der Waals surface area (Å²) in [4.78, 5) is 4.30. The van der Waals surface area contributed by atoms with Crippen LogP contribution < -0.4 is 11.1 Å². The molecule has 4 saturated carbocycles. The third kappa shape index (κ3) is 4.12. The van der Waals surface area contributed by atoms with Crippen LogP contribution in [0.25, 0.3) is 11.3 Å². The molecule has 4 N–H and O–H groups in total. The number of aromatic nitrogens is 1. The highest BCUT2D eigenvalue weighted by molar-refractivity contribution is 5.77. The maximum Gasteiger partial charge on any atom is 0.188 e. The number of aliphatic hydroxyl groups excluding tert-OH is 1. The summed E-state index contributed by atoms with van der Waals surface area (Å²) >= 11 is 0. The first-order chi connectivity index (χ1) is 15.2. The van der Waals surface area contributed by atoms with Crippen LogP contribution in [0, 0.1) is 17.8 Å². The molecule has 2 aromatic rings. The molecule has 6 rings (SSSR count). The normalized spacial score (nSPS) is 29.5. The Kier molecular flexibility index (Phi) is 5.79. The molecule has 4 bridgehead atoms. The number of hydrogen-bond acceptors (Lipinski definition) is 2. The summed E-state index contributed by atoms with van der Waals surface area (Å²) < 4.78 is 2.57. The van der Waals surface area contributed by atoms with Gasteiger partial charge >= 0.3 is 0 Å². The first-order valence-electron chi connectivity index (χ1n) is 12.1. The fourth-order valence-corrected chi connectivity index (χ4v) is 7.08. The maximum atomic E-state index is 8.93. The number of benzene rings is 1. The van der Waals surface area contributed by atoms with Crippen LogP contribution in [0.15, 0.2) is 47.5 Å². The second-order valence-electron chi connectivity index (χ2n) is 10.1. The second-order valence-corrected chi connectivity index (χ2v) is 10.1. The molecule has 1 aromatic carbocycles. The molecule has 4 fully saturated rings. The van der Waals surface area contributed by atoms with Gasteiger partial charge in [0.25, 0.3) is 0 Å². The van der Waals surface area contributed by atoms with Gasteiger partial charge in [0.05, 0.1) is 0 Å². The highest BCUT2D eigenvalue weighted by Gasteiger charge is 2.52. The van der Waals surface area contributed by atoms with Crippen LogP contribution in [0.2, 0.25) is 0 Å². The molecular weight excluding hydrogens is 384 g/mol. The van der Waals surface area contributed by atoms with Crippen LogP contribution in [0.5, 0.6) is 0 Å². The minimum Gasteiger partial charge on any atom is -0.396 e. The van der Waals surface area contributed by atoms with Crippen molar-refractivity contribution in [3.8, 4) is 11.3 Å². The number of nitrogens with two attached hydrogens (primary N) is 1. The molecule has 1 heterocycles. The number of guanidine groups is 1. The Balaban J connectivity index is 1.41. The lowest BCUT2D eigenvalue weighted by Crippen LogP contribution is -2.49. The Hall–Kier alpha value is -2.27. The zero-order valence-electron chi connectivity index (χ0n) is 18.5. The number of nitrogens with zero attached hydrogens (tertiary/aromatic N) is 2. The highest BCUT2D eigenvalue weighted by Crippen LogP contribution is 2.61. The van der Waals surface area contributed by atoms with Gasteiger partial charge < -0.3 is 20.7 Å². The van der Waals surface area contributed by atoms with E-state index >= 15 is 0 Å². The predicted octanol–water partition coefficient (Wildman–Crippen LogP) is 3.91. The van der Waals surface area contributed by atoms with Crippen molar-refractivity contribution in [1.29, 1.82) is 0 Å². The van der Waals surface area contributed by atoms with Crippen LogP contribution >= 0.6 is 0 Å². The van der Waals surface area contributed by atoms with Gasteiger partial charge in [-0.3, -0.25) is 4.99 Å². The molecule has 0 saturated heterocycles. The maximum absolute atomic E-state index is 8.93. The first kappa shape index (κ1) is 20.6. The Morgan fingerprint density at radius 3 is 2.35 bits per heavy atom. The summed E-state index contributed by atoms with van der Waals surface area (Å²) in [7, 11) is 0. The fourth-order valence-electron chi connectivity index (χ4n) is 7.08. The number of aliphatic imine (C=N–C) groups is 1. The first-order valence-corrected chi connectivity index (χ1v) is 12.1. The van der Waals surface area contributed by atoms with E-state index in [0.29, 0.717) is 24.3 Å². The predicted molar refractivity (Wildman–Crippen MR) is 126 cm³/mol. The van der Waals surface area contributed by atoms with E-state index < -0.39 is 0 Å². The van der Waals surface area contributed by atoms with Crippen LogP contribution in [0.3, 0.4) is 0 Å². The Morgan fingerprint density at radius 2 is 1.71 bits per heavy atom. The molecule has 0 radical (unpaired) electrons. The van der Waals surface area contributed by atoms with Crippen LogP contribution in [0.4, 0.5) is 0 Å². The van der Waals surface area contributed by atoms with Crippen molar-refractivity contribution in [3.63, 3.8) is 0 Å². The summed E-state index contributed by atoms with van der Waals surface area (Å²) in [6.45, 7) is 2.34. The summed E-state index contributed by atoms with van der Waals surface area (Å²) in [5, 5.41) is 12.2. The van der Waals surface area contributed by atoms with E-state index in [0.717, 1.165) is 30.8 Å². The van der Waals surface area contributed by atoms with Gasteiger partial charge in [0.15, 0.2) is 5.96 Å². The van der Waals surface area contributed by atoms with Crippen molar-refractivity contribution in [2.45, 2.75) is 56.9 Å². The summed E-state index contributed by atoms with van der Waals surface area (Å²) in [6.07, 6.45) is 9.16. The highest BCUT2D eigenvalue weighted by atomic mass is 16.3. The van der Waals surface area contributed by atoms with E-state index in [2.05, 4.69) is 57.3 Å². The monoisotopic (exact) mass is 420 g/mol.